The van der Waals surface area contributed by atoms with Crippen LogP contribution >= 0.6 is 15.9 Å². The molecule has 5 nitrogen and oxygen atoms in total. The Kier molecular flexibility index (Phi) is 4.51. The van der Waals surface area contributed by atoms with Crippen LogP contribution in [0.3, 0.4) is 0 Å². The number of hydrogen-bond acceptors (Lipinski definition) is 3. The van der Waals surface area contributed by atoms with Crippen molar-refractivity contribution in [2.24, 2.45) is 0 Å². The maximum absolute atomic E-state index is 11.7. The molecule has 1 atom stereocenters. The molecule has 6 heteroatoms. The first-order valence-electron chi connectivity index (χ1n) is 4.98. The average molecular weight is 302 g/mol. The smallest absolute Gasteiger partial charge is 0.326 e. The number of benzene rings is 1. The summed E-state index contributed by atoms with van der Waals surface area (Å²) in [6, 6.07) is 3.36. The number of nitrogens with one attached hydrogen (secondary N) is 1. The lowest BCUT2D eigenvalue weighted by atomic mass is 10.1. The highest BCUT2D eigenvalue weighted by Crippen LogP contribution is 2.24. The third-order valence-corrected chi connectivity index (χ3v) is 2.89. The molecule has 0 radical (unpaired) electrons. The Labute approximate surface area is 107 Å². The van der Waals surface area contributed by atoms with Crippen LogP contribution in [0.2, 0.25) is 0 Å². The lowest BCUT2D eigenvalue weighted by Gasteiger charge is -2.12. The van der Waals surface area contributed by atoms with Crippen LogP contribution in [0, 0.1) is 0 Å². The van der Waals surface area contributed by atoms with E-state index in [0.29, 0.717) is 10.9 Å². The fourth-order valence-electron chi connectivity index (χ4n) is 1.23. The summed E-state index contributed by atoms with van der Waals surface area (Å²) in [6.07, 6.45) is 0.295. The van der Waals surface area contributed by atoms with Gasteiger partial charge in [0.2, 0.25) is 0 Å². The minimum atomic E-state index is -1.08. The van der Waals surface area contributed by atoms with Crippen molar-refractivity contribution < 1.29 is 19.8 Å². The normalized spacial score (nSPS) is 11.9. The summed E-state index contributed by atoms with van der Waals surface area (Å²) < 4.78 is 0.472. The number of halogens is 1. The molecule has 0 aromatic heterocycles. The Balaban J connectivity index is 2.82. The molecule has 17 heavy (non-hydrogen) atoms. The highest BCUT2D eigenvalue weighted by Gasteiger charge is 2.18. The van der Waals surface area contributed by atoms with E-state index in [9.17, 15) is 14.7 Å². The van der Waals surface area contributed by atoms with Gasteiger partial charge in [-0.1, -0.05) is 6.92 Å². The number of phenols is 1. The van der Waals surface area contributed by atoms with Crippen LogP contribution in [0.5, 0.6) is 5.75 Å². The van der Waals surface area contributed by atoms with E-state index in [1.54, 1.807) is 6.92 Å². The number of phenolic OH excluding ortho intramolecular Hbond substituents is 1. The van der Waals surface area contributed by atoms with Gasteiger partial charge in [-0.15, -0.1) is 0 Å². The van der Waals surface area contributed by atoms with Crippen molar-refractivity contribution in [2.45, 2.75) is 19.4 Å². The molecular formula is C11H12BrNO4. The van der Waals surface area contributed by atoms with Crippen molar-refractivity contribution in [2.75, 3.05) is 0 Å². The molecule has 0 spiro atoms. The van der Waals surface area contributed by atoms with Crippen LogP contribution in [-0.4, -0.2) is 28.1 Å². The van der Waals surface area contributed by atoms with E-state index in [2.05, 4.69) is 21.2 Å². The highest BCUT2D eigenvalue weighted by atomic mass is 79.9. The monoisotopic (exact) mass is 301 g/mol. The molecule has 0 fully saturated rings. The van der Waals surface area contributed by atoms with Gasteiger partial charge in [-0.2, -0.15) is 0 Å². The molecule has 1 rings (SSSR count). The summed E-state index contributed by atoms with van der Waals surface area (Å²) in [7, 11) is 0. The highest BCUT2D eigenvalue weighted by molar-refractivity contribution is 9.10. The van der Waals surface area contributed by atoms with Crippen molar-refractivity contribution in [3.63, 3.8) is 0 Å². The largest absolute Gasteiger partial charge is 0.507 e. The molecule has 92 valence electrons. The zero-order valence-electron chi connectivity index (χ0n) is 9.11. The number of amides is 1. The number of hydrogen-bond donors (Lipinski definition) is 3. The van der Waals surface area contributed by atoms with Crippen molar-refractivity contribution in [1.82, 2.24) is 5.32 Å². The molecule has 0 aliphatic carbocycles. The zero-order chi connectivity index (χ0) is 13.0. The van der Waals surface area contributed by atoms with Crippen molar-refractivity contribution in [3.05, 3.63) is 28.2 Å². The summed E-state index contributed by atoms with van der Waals surface area (Å²) in [4.78, 5) is 22.4. The van der Waals surface area contributed by atoms with Crippen LogP contribution < -0.4 is 5.32 Å². The standard InChI is InChI=1S/C11H12BrNO4/c1-2-8(11(16)17)13-10(15)6-3-4-7(12)9(14)5-6/h3-5,8,14H,2H2,1H3,(H,13,15)(H,16,17). The number of carbonyl (C=O) groups excluding carboxylic acids is 1. The van der Waals surface area contributed by atoms with E-state index >= 15 is 0 Å². The molecule has 1 aromatic carbocycles. The summed E-state index contributed by atoms with van der Waals surface area (Å²) in [5, 5.41) is 20.6. The number of carbonyl (C=O) groups is 2. The molecule has 0 aliphatic heterocycles. The van der Waals surface area contributed by atoms with Crippen LogP contribution in [0.15, 0.2) is 22.7 Å². The quantitative estimate of drug-likeness (QED) is 0.791. The van der Waals surface area contributed by atoms with E-state index in [1.165, 1.54) is 18.2 Å². The summed E-state index contributed by atoms with van der Waals surface area (Å²) in [6.45, 7) is 1.66. The average Bonchev–Trinajstić information content (AvgIpc) is 2.28. The van der Waals surface area contributed by atoms with Gasteiger partial charge in [0.25, 0.3) is 5.91 Å². The Morgan fingerprint density at radius 1 is 1.47 bits per heavy atom. The van der Waals surface area contributed by atoms with Gasteiger partial charge in [0.15, 0.2) is 0 Å². The summed E-state index contributed by atoms with van der Waals surface area (Å²) in [5.41, 5.74) is 0.213. The van der Waals surface area contributed by atoms with E-state index < -0.39 is 17.9 Å². The number of rotatable bonds is 4. The zero-order valence-corrected chi connectivity index (χ0v) is 10.7. The first-order chi connectivity index (χ1) is 7.95. The van der Waals surface area contributed by atoms with Gasteiger partial charge in [-0.05, 0) is 40.5 Å². The Morgan fingerprint density at radius 2 is 2.12 bits per heavy atom. The molecule has 0 bridgehead atoms. The predicted octanol–water partition coefficient (Wildman–Crippen LogP) is 1.75. The molecule has 1 aromatic rings. The number of aromatic hydroxyl groups is 1. The molecule has 0 heterocycles. The topological polar surface area (TPSA) is 86.6 Å². The van der Waals surface area contributed by atoms with Gasteiger partial charge in [0.1, 0.15) is 11.8 Å². The molecule has 1 amide bonds. The third kappa shape index (κ3) is 3.45. The second kappa shape index (κ2) is 5.67. The summed E-state index contributed by atoms with van der Waals surface area (Å²) >= 11 is 3.09. The van der Waals surface area contributed by atoms with Gasteiger partial charge < -0.3 is 15.5 Å². The number of aliphatic carboxylic acids is 1. The van der Waals surface area contributed by atoms with Gasteiger partial charge >= 0.3 is 5.97 Å². The van der Waals surface area contributed by atoms with Crippen molar-refractivity contribution >= 4 is 27.8 Å². The maximum atomic E-state index is 11.7. The molecule has 0 aliphatic rings. The number of carboxylic acids is 1. The predicted molar refractivity (Wildman–Crippen MR) is 65.0 cm³/mol. The first-order valence-corrected chi connectivity index (χ1v) is 5.77. The van der Waals surface area contributed by atoms with Crippen molar-refractivity contribution in [3.8, 4) is 5.75 Å². The lowest BCUT2D eigenvalue weighted by Crippen LogP contribution is -2.40. The molecule has 3 N–H and O–H groups in total. The van der Waals surface area contributed by atoms with E-state index in [-0.39, 0.29) is 11.3 Å². The second-order valence-electron chi connectivity index (χ2n) is 3.44. The van der Waals surface area contributed by atoms with Gasteiger partial charge in [-0.3, -0.25) is 4.79 Å². The molecule has 0 saturated heterocycles. The fraction of sp³-hybridized carbons (Fsp3) is 0.273. The van der Waals surface area contributed by atoms with Crippen LogP contribution in [0.4, 0.5) is 0 Å². The Morgan fingerprint density at radius 3 is 2.59 bits per heavy atom. The van der Waals surface area contributed by atoms with Crippen LogP contribution in [0.25, 0.3) is 0 Å². The van der Waals surface area contributed by atoms with E-state index in [1.807, 2.05) is 0 Å². The minimum absolute atomic E-state index is 0.0685. The first kappa shape index (κ1) is 13.5. The van der Waals surface area contributed by atoms with Gasteiger partial charge in [0.05, 0.1) is 4.47 Å². The molecular weight excluding hydrogens is 290 g/mol. The molecule has 1 unspecified atom stereocenters. The van der Waals surface area contributed by atoms with Crippen LogP contribution in [-0.2, 0) is 4.79 Å². The van der Waals surface area contributed by atoms with Crippen molar-refractivity contribution in [1.29, 1.82) is 0 Å². The minimum Gasteiger partial charge on any atom is -0.507 e. The lowest BCUT2D eigenvalue weighted by molar-refractivity contribution is -0.139. The summed E-state index contributed by atoms with van der Waals surface area (Å²) in [5.74, 6) is -1.68. The van der Waals surface area contributed by atoms with Gasteiger partial charge in [-0.25, -0.2) is 4.79 Å². The third-order valence-electron chi connectivity index (χ3n) is 2.22. The van der Waals surface area contributed by atoms with E-state index in [4.69, 9.17) is 5.11 Å². The fourth-order valence-corrected chi connectivity index (χ4v) is 1.48. The SMILES string of the molecule is CCC(NC(=O)c1ccc(Br)c(O)c1)C(=O)O. The Hall–Kier alpha value is -1.56. The second-order valence-corrected chi connectivity index (χ2v) is 4.29. The number of carboxylic acid groups (broad SMARTS) is 1. The van der Waals surface area contributed by atoms with E-state index in [0.717, 1.165) is 0 Å². The van der Waals surface area contributed by atoms with Gasteiger partial charge in [0, 0.05) is 5.56 Å². The van der Waals surface area contributed by atoms with Crippen LogP contribution in [0.1, 0.15) is 23.7 Å². The maximum Gasteiger partial charge on any atom is 0.326 e. The Bertz CT molecular complexity index is 447. The molecule has 0 saturated carbocycles.